The molecule has 1 N–H and O–H groups in total. The van der Waals surface area contributed by atoms with Crippen molar-refractivity contribution < 1.29 is 19.1 Å². The van der Waals surface area contributed by atoms with Gasteiger partial charge in [-0.2, -0.15) is 0 Å². The predicted molar refractivity (Wildman–Crippen MR) is 96.1 cm³/mol. The van der Waals surface area contributed by atoms with Gasteiger partial charge in [-0.3, -0.25) is 9.59 Å². The first kappa shape index (κ1) is 21.3. The molecule has 0 bridgehead atoms. The first-order valence-electron chi connectivity index (χ1n) is 9.11. The topological polar surface area (TPSA) is 79.0 Å². The molecule has 7 heteroatoms. The van der Waals surface area contributed by atoms with E-state index in [4.69, 9.17) is 4.74 Å². The molecule has 7 nitrogen and oxygen atoms in total. The zero-order valence-corrected chi connectivity index (χ0v) is 16.3. The number of hydrogen-bond acceptors (Lipinski definition) is 4. The van der Waals surface area contributed by atoms with Gasteiger partial charge in [0.05, 0.1) is 0 Å². The number of amides is 3. The number of ether oxygens (including phenoxy) is 1. The molecule has 1 heterocycles. The van der Waals surface area contributed by atoms with E-state index in [2.05, 4.69) is 19.2 Å². The van der Waals surface area contributed by atoms with Crippen molar-refractivity contribution in [3.8, 4) is 0 Å². The Labute approximate surface area is 151 Å². The molecule has 144 valence electrons. The molecule has 1 aliphatic heterocycles. The zero-order chi connectivity index (χ0) is 19.0. The van der Waals surface area contributed by atoms with E-state index in [-0.39, 0.29) is 30.7 Å². The van der Waals surface area contributed by atoms with Crippen molar-refractivity contribution in [2.75, 3.05) is 32.7 Å². The molecule has 0 saturated carbocycles. The fourth-order valence-electron chi connectivity index (χ4n) is 2.43. The van der Waals surface area contributed by atoms with Crippen LogP contribution in [0.4, 0.5) is 4.79 Å². The number of hydrogen-bond donors (Lipinski definition) is 1. The third-order valence-corrected chi connectivity index (χ3v) is 3.89. The number of nitrogens with one attached hydrogen (secondary N) is 1. The summed E-state index contributed by atoms with van der Waals surface area (Å²) >= 11 is 0. The van der Waals surface area contributed by atoms with Crippen LogP contribution in [0.15, 0.2) is 0 Å². The van der Waals surface area contributed by atoms with Crippen LogP contribution in [-0.4, -0.2) is 66.0 Å². The van der Waals surface area contributed by atoms with Gasteiger partial charge in [-0.05, 0) is 33.1 Å². The number of nitrogens with zero attached hydrogens (tertiary/aromatic N) is 2. The Bertz CT molecular complexity index is 463. The van der Waals surface area contributed by atoms with Gasteiger partial charge in [-0.1, -0.05) is 13.8 Å². The molecule has 0 radical (unpaired) electrons. The Morgan fingerprint density at radius 3 is 2.08 bits per heavy atom. The zero-order valence-electron chi connectivity index (χ0n) is 16.3. The third-order valence-electron chi connectivity index (χ3n) is 3.89. The fourth-order valence-corrected chi connectivity index (χ4v) is 2.43. The largest absolute Gasteiger partial charge is 0.444 e. The van der Waals surface area contributed by atoms with Crippen molar-refractivity contribution in [2.45, 2.75) is 59.5 Å². The Morgan fingerprint density at radius 2 is 1.56 bits per heavy atom. The lowest BCUT2D eigenvalue weighted by Gasteiger charge is -2.35. The average molecular weight is 355 g/mol. The van der Waals surface area contributed by atoms with Crippen LogP contribution in [0, 0.1) is 5.92 Å². The summed E-state index contributed by atoms with van der Waals surface area (Å²) in [5, 5.41) is 2.84. The molecule has 1 fully saturated rings. The van der Waals surface area contributed by atoms with E-state index in [0.717, 1.165) is 6.42 Å². The molecule has 0 spiro atoms. The lowest BCUT2D eigenvalue weighted by atomic mass is 10.1. The quantitative estimate of drug-likeness (QED) is 0.790. The van der Waals surface area contributed by atoms with Gasteiger partial charge in [0.25, 0.3) is 0 Å². The van der Waals surface area contributed by atoms with E-state index < -0.39 is 5.60 Å². The number of rotatable bonds is 6. The van der Waals surface area contributed by atoms with E-state index in [9.17, 15) is 14.4 Å². The fraction of sp³-hybridized carbons (Fsp3) is 0.833. The Kier molecular flexibility index (Phi) is 8.19. The summed E-state index contributed by atoms with van der Waals surface area (Å²) in [5.74, 6) is 0.424. The van der Waals surface area contributed by atoms with E-state index in [1.165, 1.54) is 0 Å². The summed E-state index contributed by atoms with van der Waals surface area (Å²) in [4.78, 5) is 39.3. The van der Waals surface area contributed by atoms with Crippen molar-refractivity contribution in [1.29, 1.82) is 0 Å². The smallest absolute Gasteiger partial charge is 0.410 e. The highest BCUT2D eigenvalue weighted by atomic mass is 16.6. The predicted octanol–water partition coefficient (Wildman–Crippen LogP) is 2.01. The maximum Gasteiger partial charge on any atom is 0.410 e. The Balaban J connectivity index is 2.27. The molecule has 1 rings (SSSR count). The standard InChI is InChI=1S/C18H33N3O4/c1-14(2)8-9-19-15(22)6-7-16(23)20-10-12-21(13-11-20)17(24)25-18(3,4)5/h14H,6-13H2,1-5H3,(H,19,22). The van der Waals surface area contributed by atoms with E-state index in [1.807, 2.05) is 20.8 Å². The molecule has 0 unspecified atom stereocenters. The van der Waals surface area contributed by atoms with Crippen LogP contribution in [0.1, 0.15) is 53.9 Å². The molecule has 0 aromatic heterocycles. The van der Waals surface area contributed by atoms with Gasteiger partial charge >= 0.3 is 6.09 Å². The molecular formula is C18H33N3O4. The summed E-state index contributed by atoms with van der Waals surface area (Å²) in [7, 11) is 0. The van der Waals surface area contributed by atoms with Crippen molar-refractivity contribution in [1.82, 2.24) is 15.1 Å². The van der Waals surface area contributed by atoms with Gasteiger partial charge in [0.2, 0.25) is 11.8 Å². The highest BCUT2D eigenvalue weighted by molar-refractivity contribution is 5.84. The van der Waals surface area contributed by atoms with Crippen LogP contribution < -0.4 is 5.32 Å². The molecule has 1 saturated heterocycles. The van der Waals surface area contributed by atoms with Gasteiger partial charge in [-0.25, -0.2) is 4.79 Å². The SMILES string of the molecule is CC(C)CCNC(=O)CCC(=O)N1CCN(C(=O)OC(C)(C)C)CC1. The molecule has 3 amide bonds. The van der Waals surface area contributed by atoms with E-state index in [1.54, 1.807) is 9.80 Å². The Hall–Kier alpha value is -1.79. The minimum Gasteiger partial charge on any atom is -0.444 e. The normalized spacial score (nSPS) is 15.3. The second kappa shape index (κ2) is 9.63. The second-order valence-electron chi connectivity index (χ2n) is 7.88. The van der Waals surface area contributed by atoms with E-state index >= 15 is 0 Å². The Morgan fingerprint density at radius 1 is 1.00 bits per heavy atom. The van der Waals surface area contributed by atoms with Gasteiger partial charge in [-0.15, -0.1) is 0 Å². The van der Waals surface area contributed by atoms with Crippen LogP contribution in [0.3, 0.4) is 0 Å². The molecular weight excluding hydrogens is 322 g/mol. The van der Waals surface area contributed by atoms with Gasteiger partial charge in [0.15, 0.2) is 0 Å². The first-order valence-corrected chi connectivity index (χ1v) is 9.11. The molecule has 0 aromatic rings. The lowest BCUT2D eigenvalue weighted by Crippen LogP contribution is -2.51. The highest BCUT2D eigenvalue weighted by Crippen LogP contribution is 2.12. The van der Waals surface area contributed by atoms with Crippen LogP contribution in [0.5, 0.6) is 0 Å². The maximum atomic E-state index is 12.2. The van der Waals surface area contributed by atoms with Crippen LogP contribution in [0.25, 0.3) is 0 Å². The van der Waals surface area contributed by atoms with Gasteiger partial charge in [0.1, 0.15) is 5.60 Å². The summed E-state index contributed by atoms with van der Waals surface area (Å²) in [6.45, 7) is 12.2. The lowest BCUT2D eigenvalue weighted by molar-refractivity contribution is -0.135. The summed E-state index contributed by atoms with van der Waals surface area (Å²) in [5.41, 5.74) is -0.521. The van der Waals surface area contributed by atoms with Gasteiger partial charge in [0, 0.05) is 45.6 Å². The molecule has 1 aliphatic rings. The summed E-state index contributed by atoms with van der Waals surface area (Å²) in [6, 6.07) is 0. The third kappa shape index (κ3) is 8.74. The monoisotopic (exact) mass is 355 g/mol. The number of carbonyl (C=O) groups excluding carboxylic acids is 3. The molecule has 0 aromatic carbocycles. The summed E-state index contributed by atoms with van der Waals surface area (Å²) in [6.07, 6.45) is 1.01. The molecule has 0 atom stereocenters. The molecule has 25 heavy (non-hydrogen) atoms. The van der Waals surface area contributed by atoms with Gasteiger partial charge < -0.3 is 19.9 Å². The first-order chi connectivity index (χ1) is 11.6. The van der Waals surface area contributed by atoms with Crippen molar-refractivity contribution in [2.24, 2.45) is 5.92 Å². The van der Waals surface area contributed by atoms with Crippen molar-refractivity contribution in [3.05, 3.63) is 0 Å². The van der Waals surface area contributed by atoms with Crippen molar-refractivity contribution in [3.63, 3.8) is 0 Å². The molecule has 0 aliphatic carbocycles. The van der Waals surface area contributed by atoms with Crippen LogP contribution in [0.2, 0.25) is 0 Å². The second-order valence-corrected chi connectivity index (χ2v) is 7.88. The van der Waals surface area contributed by atoms with Crippen molar-refractivity contribution >= 4 is 17.9 Å². The maximum absolute atomic E-state index is 12.2. The van der Waals surface area contributed by atoms with E-state index in [0.29, 0.717) is 38.6 Å². The average Bonchev–Trinajstić information content (AvgIpc) is 2.50. The van der Waals surface area contributed by atoms with Crippen LogP contribution >= 0.6 is 0 Å². The van der Waals surface area contributed by atoms with Crippen LogP contribution in [-0.2, 0) is 14.3 Å². The highest BCUT2D eigenvalue weighted by Gasteiger charge is 2.27. The minimum atomic E-state index is -0.521. The summed E-state index contributed by atoms with van der Waals surface area (Å²) < 4.78 is 5.34. The minimum absolute atomic E-state index is 0.0390. The number of carbonyl (C=O) groups is 3. The number of piperazine rings is 1.